The van der Waals surface area contributed by atoms with Gasteiger partial charge in [-0.3, -0.25) is 4.79 Å². The van der Waals surface area contributed by atoms with E-state index >= 15 is 0 Å². The summed E-state index contributed by atoms with van der Waals surface area (Å²) in [4.78, 5) is 15.5. The summed E-state index contributed by atoms with van der Waals surface area (Å²) in [5, 5.41) is 0.915. The third-order valence-electron chi connectivity index (χ3n) is 6.40. The number of fused-ring (bicyclic) bond motifs is 1. The van der Waals surface area contributed by atoms with Gasteiger partial charge in [-0.15, -0.1) is 0 Å². The number of rotatable bonds is 5. The van der Waals surface area contributed by atoms with Crippen LogP contribution in [0.2, 0.25) is 0 Å². The van der Waals surface area contributed by atoms with Crippen LogP contribution < -0.4 is 0 Å². The third-order valence-corrected chi connectivity index (χ3v) is 8.31. The van der Waals surface area contributed by atoms with Crippen molar-refractivity contribution in [2.24, 2.45) is 0 Å². The summed E-state index contributed by atoms with van der Waals surface area (Å²) in [5.74, 6) is -0.0598. The Bertz CT molecular complexity index is 1420. The minimum absolute atomic E-state index is 0.0598. The third kappa shape index (κ3) is 4.24. The minimum atomic E-state index is -3.57. The molecule has 1 saturated heterocycles. The van der Waals surface area contributed by atoms with Crippen molar-refractivity contribution in [3.8, 4) is 0 Å². The van der Waals surface area contributed by atoms with Crippen molar-refractivity contribution in [3.05, 3.63) is 102 Å². The highest BCUT2D eigenvalue weighted by Gasteiger charge is 2.31. The van der Waals surface area contributed by atoms with Gasteiger partial charge in [-0.2, -0.15) is 4.31 Å². The van der Waals surface area contributed by atoms with Crippen LogP contribution in [0, 0.1) is 6.92 Å². The van der Waals surface area contributed by atoms with Gasteiger partial charge in [-0.1, -0.05) is 66.2 Å². The Labute approximate surface area is 200 Å². The molecule has 2 heterocycles. The van der Waals surface area contributed by atoms with Crippen molar-refractivity contribution in [1.29, 1.82) is 0 Å². The van der Waals surface area contributed by atoms with E-state index in [2.05, 4.69) is 16.7 Å². The van der Waals surface area contributed by atoms with Crippen LogP contribution in [-0.2, 0) is 16.6 Å². The Morgan fingerprint density at radius 2 is 1.47 bits per heavy atom. The Hall–Kier alpha value is -3.42. The molecule has 1 aliphatic heterocycles. The van der Waals surface area contributed by atoms with E-state index in [9.17, 15) is 13.2 Å². The van der Waals surface area contributed by atoms with E-state index in [1.807, 2.05) is 55.6 Å². The van der Waals surface area contributed by atoms with Gasteiger partial charge in [0.1, 0.15) is 0 Å². The fraction of sp³-hybridized carbons (Fsp3) is 0.222. The lowest BCUT2D eigenvalue weighted by Crippen LogP contribution is -2.50. The zero-order chi connectivity index (χ0) is 23.7. The number of aryl methyl sites for hydroxylation is 1. The molecule has 1 amide bonds. The average molecular weight is 474 g/mol. The Morgan fingerprint density at radius 1 is 0.824 bits per heavy atom. The molecule has 3 aromatic carbocycles. The molecule has 1 aromatic heterocycles. The van der Waals surface area contributed by atoms with Crippen LogP contribution in [0.4, 0.5) is 0 Å². The summed E-state index contributed by atoms with van der Waals surface area (Å²) < 4.78 is 29.6. The number of piperazine rings is 1. The van der Waals surface area contributed by atoms with Crippen molar-refractivity contribution in [2.75, 3.05) is 26.2 Å². The Morgan fingerprint density at radius 3 is 2.18 bits per heavy atom. The smallest absolute Gasteiger partial charge is 0.256 e. The van der Waals surface area contributed by atoms with E-state index in [0.29, 0.717) is 30.1 Å². The van der Waals surface area contributed by atoms with Gasteiger partial charge in [0.25, 0.3) is 5.91 Å². The first-order chi connectivity index (χ1) is 16.4. The number of hydrogen-bond acceptors (Lipinski definition) is 3. The maximum Gasteiger partial charge on any atom is 0.256 e. The number of para-hydroxylation sites is 1. The predicted molar refractivity (Wildman–Crippen MR) is 133 cm³/mol. The minimum Gasteiger partial charge on any atom is -0.342 e. The summed E-state index contributed by atoms with van der Waals surface area (Å²) in [6, 6.07) is 25.0. The number of hydrogen-bond donors (Lipinski definition) is 0. The number of sulfonamides is 1. The highest BCUT2D eigenvalue weighted by atomic mass is 32.2. The number of amides is 1. The first kappa shape index (κ1) is 22.4. The van der Waals surface area contributed by atoms with Crippen molar-refractivity contribution >= 4 is 26.8 Å². The van der Waals surface area contributed by atoms with Gasteiger partial charge in [0.2, 0.25) is 10.0 Å². The average Bonchev–Trinajstić information content (AvgIpc) is 3.23. The normalized spacial score (nSPS) is 15.0. The molecule has 5 rings (SSSR count). The molecule has 0 radical (unpaired) electrons. The molecule has 4 aromatic rings. The van der Waals surface area contributed by atoms with E-state index < -0.39 is 10.0 Å². The van der Waals surface area contributed by atoms with Crippen molar-refractivity contribution in [1.82, 2.24) is 13.8 Å². The zero-order valence-electron chi connectivity index (χ0n) is 19.1. The van der Waals surface area contributed by atoms with Crippen LogP contribution in [0.15, 0.2) is 90.0 Å². The molecule has 6 nitrogen and oxygen atoms in total. The molecule has 0 bridgehead atoms. The molecule has 174 valence electrons. The summed E-state index contributed by atoms with van der Waals surface area (Å²) in [7, 11) is -3.57. The van der Waals surface area contributed by atoms with E-state index in [4.69, 9.17) is 0 Å². The summed E-state index contributed by atoms with van der Waals surface area (Å²) >= 11 is 0. The zero-order valence-corrected chi connectivity index (χ0v) is 19.9. The molecular weight excluding hydrogens is 446 g/mol. The summed E-state index contributed by atoms with van der Waals surface area (Å²) in [6.07, 6.45) is 1.93. The summed E-state index contributed by atoms with van der Waals surface area (Å²) in [6.45, 7) is 3.90. The fourth-order valence-electron chi connectivity index (χ4n) is 4.49. The van der Waals surface area contributed by atoms with Gasteiger partial charge in [0.05, 0.1) is 10.5 Å². The number of nitrogens with zero attached hydrogens (tertiary/aromatic N) is 3. The summed E-state index contributed by atoms with van der Waals surface area (Å²) in [5.41, 5.74) is 3.84. The molecule has 0 saturated carbocycles. The molecule has 7 heteroatoms. The number of carbonyl (C=O) groups excluding carboxylic acids is 1. The number of benzene rings is 3. The molecular formula is C27H27N3O3S. The first-order valence-electron chi connectivity index (χ1n) is 11.4. The lowest BCUT2D eigenvalue weighted by atomic mass is 10.1. The molecule has 0 atom stereocenters. The van der Waals surface area contributed by atoms with Crippen molar-refractivity contribution < 1.29 is 13.2 Å². The molecule has 1 fully saturated rings. The lowest BCUT2D eigenvalue weighted by Gasteiger charge is -2.34. The van der Waals surface area contributed by atoms with Gasteiger partial charge < -0.3 is 9.47 Å². The van der Waals surface area contributed by atoms with Crippen molar-refractivity contribution in [3.63, 3.8) is 0 Å². The van der Waals surface area contributed by atoms with Gasteiger partial charge in [0, 0.05) is 49.8 Å². The van der Waals surface area contributed by atoms with Crippen LogP contribution in [0.25, 0.3) is 10.9 Å². The van der Waals surface area contributed by atoms with Gasteiger partial charge in [0.15, 0.2) is 0 Å². The maximum atomic E-state index is 13.5. The molecule has 0 aliphatic carbocycles. The highest BCUT2D eigenvalue weighted by molar-refractivity contribution is 7.89. The topological polar surface area (TPSA) is 62.6 Å². The molecule has 34 heavy (non-hydrogen) atoms. The van der Waals surface area contributed by atoms with Crippen LogP contribution in [0.5, 0.6) is 0 Å². The first-order valence-corrected chi connectivity index (χ1v) is 12.9. The lowest BCUT2D eigenvalue weighted by molar-refractivity contribution is 0.0699. The van der Waals surface area contributed by atoms with Crippen LogP contribution in [0.3, 0.4) is 0 Å². The monoisotopic (exact) mass is 473 g/mol. The van der Waals surface area contributed by atoms with Gasteiger partial charge >= 0.3 is 0 Å². The molecule has 1 aliphatic rings. The maximum absolute atomic E-state index is 13.5. The SMILES string of the molecule is Cc1ccc(S(=O)(=O)N2CCN(C(=O)c3cn(Cc4ccccc4)c4ccccc34)CC2)cc1. The van der Waals surface area contributed by atoms with E-state index in [0.717, 1.165) is 22.0 Å². The van der Waals surface area contributed by atoms with E-state index in [1.165, 1.54) is 4.31 Å². The Balaban J connectivity index is 1.35. The van der Waals surface area contributed by atoms with E-state index in [1.54, 1.807) is 29.2 Å². The van der Waals surface area contributed by atoms with E-state index in [-0.39, 0.29) is 19.0 Å². The second-order valence-electron chi connectivity index (χ2n) is 8.68. The number of aromatic nitrogens is 1. The van der Waals surface area contributed by atoms with Gasteiger partial charge in [-0.05, 0) is 30.7 Å². The van der Waals surface area contributed by atoms with Crippen LogP contribution >= 0.6 is 0 Å². The highest BCUT2D eigenvalue weighted by Crippen LogP contribution is 2.25. The largest absolute Gasteiger partial charge is 0.342 e. The molecule has 0 unspecified atom stereocenters. The molecule has 0 N–H and O–H groups in total. The van der Waals surface area contributed by atoms with Crippen molar-refractivity contribution in [2.45, 2.75) is 18.4 Å². The molecule has 0 spiro atoms. The van der Waals surface area contributed by atoms with Crippen LogP contribution in [0.1, 0.15) is 21.5 Å². The standard InChI is InChI=1S/C27H27N3O3S/c1-21-11-13-23(14-12-21)34(32,33)30-17-15-28(16-18-30)27(31)25-20-29(19-22-7-3-2-4-8-22)26-10-6-5-9-24(25)26/h2-14,20H,15-19H2,1H3. The quantitative estimate of drug-likeness (QED) is 0.438. The second-order valence-corrected chi connectivity index (χ2v) is 10.6. The van der Waals surface area contributed by atoms with Crippen LogP contribution in [-0.4, -0.2) is 54.3 Å². The number of carbonyl (C=O) groups is 1. The van der Waals surface area contributed by atoms with Gasteiger partial charge in [-0.25, -0.2) is 8.42 Å². The second kappa shape index (κ2) is 9.08. The predicted octanol–water partition coefficient (Wildman–Crippen LogP) is 4.14. The fourth-order valence-corrected chi connectivity index (χ4v) is 5.91. The Kier molecular flexibility index (Phi) is 5.98.